The summed E-state index contributed by atoms with van der Waals surface area (Å²) in [5, 5.41) is 0.290. The van der Waals surface area contributed by atoms with E-state index >= 15 is 0 Å². The molecule has 2 saturated heterocycles. The fourth-order valence-corrected chi connectivity index (χ4v) is 5.76. The molecule has 2 fully saturated rings. The van der Waals surface area contributed by atoms with Crippen molar-refractivity contribution in [3.05, 3.63) is 16.2 Å². The lowest BCUT2D eigenvalue weighted by Crippen LogP contribution is -2.43. The lowest BCUT2D eigenvalue weighted by atomic mass is 9.96. The summed E-state index contributed by atoms with van der Waals surface area (Å²) in [6, 6.07) is 2.14. The molecular formula is C23H34ClN5O3S. The van der Waals surface area contributed by atoms with Crippen molar-refractivity contribution in [3.63, 3.8) is 0 Å². The Bertz CT molecular complexity index is 965. The fourth-order valence-electron chi connectivity index (χ4n) is 4.40. The van der Waals surface area contributed by atoms with Crippen LogP contribution in [0, 0.1) is 5.92 Å². The van der Waals surface area contributed by atoms with Crippen LogP contribution >= 0.6 is 22.9 Å². The molecule has 0 spiro atoms. The van der Waals surface area contributed by atoms with Crippen LogP contribution in [-0.2, 0) is 16.0 Å². The molecule has 8 nitrogen and oxygen atoms in total. The Kier molecular flexibility index (Phi) is 7.63. The zero-order valence-corrected chi connectivity index (χ0v) is 21.5. The Hall–Kier alpha value is -1.68. The first kappa shape index (κ1) is 24.4. The Balaban J connectivity index is 1.34. The van der Waals surface area contributed by atoms with E-state index in [1.165, 1.54) is 4.88 Å². The number of thiophene rings is 1. The summed E-state index contributed by atoms with van der Waals surface area (Å²) in [6.07, 6.45) is 1.80. The monoisotopic (exact) mass is 495 g/mol. The molecule has 0 aromatic carbocycles. The summed E-state index contributed by atoms with van der Waals surface area (Å²) in [4.78, 5) is 29.0. The summed E-state index contributed by atoms with van der Waals surface area (Å²) in [5.74, 6) is 1.49. The second kappa shape index (κ2) is 10.3. The molecule has 0 bridgehead atoms. The van der Waals surface area contributed by atoms with Crippen molar-refractivity contribution in [2.24, 2.45) is 5.92 Å². The molecule has 4 rings (SSSR count). The van der Waals surface area contributed by atoms with E-state index in [9.17, 15) is 4.79 Å². The first-order valence-electron chi connectivity index (χ1n) is 11.6. The van der Waals surface area contributed by atoms with Crippen molar-refractivity contribution in [3.8, 4) is 0 Å². The zero-order valence-electron chi connectivity index (χ0n) is 20.0. The van der Waals surface area contributed by atoms with Gasteiger partial charge in [0, 0.05) is 44.1 Å². The van der Waals surface area contributed by atoms with Crippen LogP contribution in [0.4, 0.5) is 10.6 Å². The lowest BCUT2D eigenvalue weighted by molar-refractivity contribution is 0.0172. The highest BCUT2D eigenvalue weighted by Gasteiger charge is 2.27. The molecule has 182 valence electrons. The number of hydrogen-bond acceptors (Lipinski definition) is 8. The van der Waals surface area contributed by atoms with E-state index in [0.717, 1.165) is 68.1 Å². The number of anilines is 1. The van der Waals surface area contributed by atoms with Gasteiger partial charge in [-0.1, -0.05) is 0 Å². The molecule has 2 aromatic heterocycles. The van der Waals surface area contributed by atoms with Crippen LogP contribution in [-0.4, -0.2) is 84.4 Å². The number of fused-ring (bicyclic) bond motifs is 1. The van der Waals surface area contributed by atoms with Gasteiger partial charge in [0.15, 0.2) is 5.82 Å². The number of amides is 1. The number of piperidine rings is 1. The maximum atomic E-state index is 12.3. The third kappa shape index (κ3) is 6.47. The average molecular weight is 496 g/mol. The molecule has 0 atom stereocenters. The van der Waals surface area contributed by atoms with E-state index < -0.39 is 5.60 Å². The topological polar surface area (TPSA) is 71.0 Å². The number of likely N-dealkylation sites (tertiary alicyclic amines) is 1. The van der Waals surface area contributed by atoms with Gasteiger partial charge in [-0.25, -0.2) is 9.78 Å². The maximum absolute atomic E-state index is 12.3. The van der Waals surface area contributed by atoms with Crippen LogP contribution in [0.3, 0.4) is 0 Å². The molecule has 0 saturated carbocycles. The number of nitrogens with zero attached hydrogens (tertiary/aromatic N) is 5. The molecular weight excluding hydrogens is 462 g/mol. The minimum Gasteiger partial charge on any atom is -0.444 e. The second-order valence-electron chi connectivity index (χ2n) is 9.95. The van der Waals surface area contributed by atoms with Crippen molar-refractivity contribution < 1.29 is 14.3 Å². The smallest absolute Gasteiger partial charge is 0.410 e. The number of morpholine rings is 1. The molecule has 0 radical (unpaired) electrons. The summed E-state index contributed by atoms with van der Waals surface area (Å²) >= 11 is 7.98. The van der Waals surface area contributed by atoms with Crippen LogP contribution in [0.2, 0.25) is 5.28 Å². The Labute approximate surface area is 204 Å². The number of ether oxygens (including phenoxy) is 2. The van der Waals surface area contributed by atoms with Crippen molar-refractivity contribution in [2.45, 2.75) is 45.8 Å². The lowest BCUT2D eigenvalue weighted by Gasteiger charge is -2.34. The number of carbonyl (C=O) groups is 1. The van der Waals surface area contributed by atoms with E-state index in [1.807, 2.05) is 25.7 Å². The van der Waals surface area contributed by atoms with Crippen LogP contribution in [0.25, 0.3) is 10.2 Å². The van der Waals surface area contributed by atoms with Crippen molar-refractivity contribution >= 4 is 45.1 Å². The van der Waals surface area contributed by atoms with Gasteiger partial charge < -0.3 is 24.2 Å². The van der Waals surface area contributed by atoms with Crippen LogP contribution in [0.1, 0.15) is 38.5 Å². The molecule has 1 amide bonds. The predicted octanol–water partition coefficient (Wildman–Crippen LogP) is 4.26. The maximum Gasteiger partial charge on any atom is 0.410 e. The van der Waals surface area contributed by atoms with E-state index in [0.29, 0.717) is 24.4 Å². The number of rotatable bonds is 5. The number of hydrogen-bond donors (Lipinski definition) is 0. The quantitative estimate of drug-likeness (QED) is 0.574. The van der Waals surface area contributed by atoms with Crippen molar-refractivity contribution in [2.75, 3.05) is 57.9 Å². The molecule has 2 aliphatic heterocycles. The largest absolute Gasteiger partial charge is 0.444 e. The Morgan fingerprint density at radius 3 is 2.61 bits per heavy atom. The van der Waals surface area contributed by atoms with Gasteiger partial charge in [0.05, 0.1) is 23.4 Å². The van der Waals surface area contributed by atoms with Gasteiger partial charge in [0.25, 0.3) is 0 Å². The van der Waals surface area contributed by atoms with Crippen LogP contribution in [0.15, 0.2) is 6.07 Å². The van der Waals surface area contributed by atoms with E-state index in [1.54, 1.807) is 11.3 Å². The van der Waals surface area contributed by atoms with Crippen molar-refractivity contribution in [1.29, 1.82) is 0 Å². The highest BCUT2D eigenvalue weighted by atomic mass is 35.5. The predicted molar refractivity (Wildman–Crippen MR) is 132 cm³/mol. The highest BCUT2D eigenvalue weighted by Crippen LogP contribution is 2.34. The van der Waals surface area contributed by atoms with Gasteiger partial charge in [0.2, 0.25) is 5.28 Å². The minimum atomic E-state index is -0.450. The standard InChI is InChI=1S/C23H34ClN5O3S/c1-23(2,3)32-22(30)29-7-5-16(6-8-29)14-27(4)15-17-13-18-19(33-17)20(26-21(24)25-18)28-9-11-31-12-10-28/h13,16H,5-12,14-15H2,1-4H3. The number of halogens is 1. The van der Waals surface area contributed by atoms with Crippen LogP contribution < -0.4 is 4.90 Å². The van der Waals surface area contributed by atoms with Gasteiger partial charge in [-0.2, -0.15) is 4.98 Å². The van der Waals surface area contributed by atoms with Gasteiger partial charge in [-0.05, 0) is 64.2 Å². The summed E-state index contributed by atoms with van der Waals surface area (Å²) in [7, 11) is 2.16. The SMILES string of the molecule is CN(Cc1cc2nc(Cl)nc(N3CCOCC3)c2s1)CC1CCN(C(=O)OC(C)(C)C)CC1. The van der Waals surface area contributed by atoms with Crippen molar-refractivity contribution in [1.82, 2.24) is 19.8 Å². The summed E-state index contributed by atoms with van der Waals surface area (Å²) in [5.41, 5.74) is 0.463. The summed E-state index contributed by atoms with van der Waals surface area (Å²) in [6.45, 7) is 12.1. The molecule has 0 aliphatic carbocycles. The fraction of sp³-hybridized carbons (Fsp3) is 0.696. The molecule has 4 heterocycles. The first-order valence-corrected chi connectivity index (χ1v) is 12.8. The van der Waals surface area contributed by atoms with Gasteiger partial charge in [0.1, 0.15) is 5.60 Å². The molecule has 33 heavy (non-hydrogen) atoms. The summed E-state index contributed by atoms with van der Waals surface area (Å²) < 4.78 is 12.1. The molecule has 0 N–H and O–H groups in total. The molecule has 2 aromatic rings. The second-order valence-corrected chi connectivity index (χ2v) is 11.4. The van der Waals surface area contributed by atoms with E-state index in [-0.39, 0.29) is 6.09 Å². The third-order valence-electron chi connectivity index (χ3n) is 5.95. The van der Waals surface area contributed by atoms with Gasteiger partial charge >= 0.3 is 6.09 Å². The third-order valence-corrected chi connectivity index (χ3v) is 7.22. The zero-order chi connectivity index (χ0) is 23.6. The molecule has 10 heteroatoms. The average Bonchev–Trinajstić information content (AvgIpc) is 3.14. The normalized spacial score (nSPS) is 18.4. The Morgan fingerprint density at radius 1 is 1.24 bits per heavy atom. The van der Waals surface area contributed by atoms with Gasteiger partial charge in [-0.3, -0.25) is 0 Å². The van der Waals surface area contributed by atoms with E-state index in [4.69, 9.17) is 21.1 Å². The highest BCUT2D eigenvalue weighted by molar-refractivity contribution is 7.19. The number of carbonyl (C=O) groups excluding carboxylic acids is 1. The first-order chi connectivity index (χ1) is 15.7. The molecule has 0 unspecified atom stereocenters. The Morgan fingerprint density at radius 2 is 1.94 bits per heavy atom. The minimum absolute atomic E-state index is 0.199. The van der Waals surface area contributed by atoms with Crippen LogP contribution in [0.5, 0.6) is 0 Å². The number of aromatic nitrogens is 2. The van der Waals surface area contributed by atoms with E-state index in [2.05, 4.69) is 32.9 Å². The molecule has 2 aliphatic rings. The van der Waals surface area contributed by atoms with Gasteiger partial charge in [-0.15, -0.1) is 11.3 Å².